The first-order valence-electron chi connectivity index (χ1n) is 13.6. The summed E-state index contributed by atoms with van der Waals surface area (Å²) >= 11 is 0. The van der Waals surface area contributed by atoms with Crippen LogP contribution in [0, 0.1) is 15.5 Å². The number of esters is 1. The second kappa shape index (κ2) is 13.1. The lowest BCUT2D eigenvalue weighted by Crippen LogP contribution is -2.56. The Kier molecular flexibility index (Phi) is 9.39. The van der Waals surface area contributed by atoms with Crippen molar-refractivity contribution >= 4 is 29.7 Å². The number of imidazole rings is 1. The molecule has 2 aromatic carbocycles. The average Bonchev–Trinajstić information content (AvgIpc) is 3.48. The number of carbonyl (C=O) groups excluding carboxylic acids is 1. The molecule has 43 heavy (non-hydrogen) atoms. The minimum Gasteiger partial charge on any atom is -0.481 e. The van der Waals surface area contributed by atoms with E-state index in [1.165, 1.54) is 37.3 Å². The normalized spacial score (nSPS) is 20.0. The Hall–Kier alpha value is -5.26. The molecule has 0 radical (unpaired) electrons. The highest BCUT2D eigenvalue weighted by Gasteiger charge is 2.56. The van der Waals surface area contributed by atoms with Crippen molar-refractivity contribution in [3.8, 4) is 0 Å². The fourth-order valence-electron chi connectivity index (χ4n) is 5.67. The molecule has 0 aliphatic carbocycles. The van der Waals surface area contributed by atoms with Crippen LogP contribution in [0.5, 0.6) is 0 Å². The van der Waals surface area contributed by atoms with Crippen molar-refractivity contribution in [2.24, 2.45) is 5.41 Å². The van der Waals surface area contributed by atoms with E-state index in [0.717, 1.165) is 11.1 Å². The molecule has 12 heteroatoms. The summed E-state index contributed by atoms with van der Waals surface area (Å²) in [6, 6.07) is 12.2. The standard InChI is InChI=1S/C31H32N4O8/c1-20-27(29(37)38)28(24-5-3-6-25(17-24)35(41)42)31(30(39)40,21(2)33-20)13-4-16-43-26(36)12-11-22-7-9-23(10-8-22)18-34-15-14-32-19-34/h3,5-12,14-15,17,19,21,28,33H,4,13,16,18H2,1-2H3,(H,37,38)(H,39,40). The van der Waals surface area contributed by atoms with E-state index < -0.39 is 40.2 Å². The van der Waals surface area contributed by atoms with Gasteiger partial charge in [0.25, 0.3) is 5.69 Å². The summed E-state index contributed by atoms with van der Waals surface area (Å²) in [6.07, 6.45) is 8.23. The van der Waals surface area contributed by atoms with Crippen LogP contribution in [0.4, 0.5) is 5.69 Å². The first kappa shape index (κ1) is 30.7. The molecule has 12 nitrogen and oxygen atoms in total. The summed E-state index contributed by atoms with van der Waals surface area (Å²) in [5, 5.41) is 35.1. The van der Waals surface area contributed by atoms with Crippen LogP contribution in [-0.4, -0.2) is 55.2 Å². The fraction of sp³-hybridized carbons (Fsp3) is 0.290. The number of nitrogens with zero attached hydrogens (tertiary/aromatic N) is 3. The first-order valence-corrected chi connectivity index (χ1v) is 13.6. The third kappa shape index (κ3) is 6.80. The number of carboxylic acid groups (broad SMARTS) is 2. The van der Waals surface area contributed by atoms with Crippen molar-refractivity contribution in [3.63, 3.8) is 0 Å². The number of carbonyl (C=O) groups is 3. The second-order valence-electron chi connectivity index (χ2n) is 10.4. The predicted octanol–water partition coefficient (Wildman–Crippen LogP) is 4.38. The molecule has 3 N–H and O–H groups in total. The van der Waals surface area contributed by atoms with Gasteiger partial charge in [-0.15, -0.1) is 0 Å². The fourth-order valence-corrected chi connectivity index (χ4v) is 5.67. The lowest BCUT2D eigenvalue weighted by atomic mass is 9.60. The molecular formula is C31H32N4O8. The number of allylic oxidation sites excluding steroid dienone is 1. The Labute approximate surface area is 247 Å². The van der Waals surface area contributed by atoms with Crippen molar-refractivity contribution < 1.29 is 34.3 Å². The predicted molar refractivity (Wildman–Crippen MR) is 156 cm³/mol. The molecule has 0 bridgehead atoms. The molecular weight excluding hydrogens is 556 g/mol. The molecule has 0 fully saturated rings. The first-order chi connectivity index (χ1) is 20.5. The molecule has 1 aliphatic heterocycles. The summed E-state index contributed by atoms with van der Waals surface area (Å²) in [7, 11) is 0. The zero-order valence-corrected chi connectivity index (χ0v) is 23.7. The van der Waals surface area contributed by atoms with Gasteiger partial charge in [0.15, 0.2) is 0 Å². The number of carboxylic acids is 2. The van der Waals surface area contributed by atoms with Gasteiger partial charge in [-0.25, -0.2) is 14.6 Å². The lowest BCUT2D eigenvalue weighted by molar-refractivity contribution is -0.384. The van der Waals surface area contributed by atoms with Gasteiger partial charge in [-0.2, -0.15) is 0 Å². The summed E-state index contributed by atoms with van der Waals surface area (Å²) in [4.78, 5) is 52.6. The molecule has 4 rings (SSSR count). The van der Waals surface area contributed by atoms with Gasteiger partial charge in [0, 0.05) is 54.8 Å². The van der Waals surface area contributed by atoms with Crippen molar-refractivity contribution in [3.05, 3.63) is 111 Å². The average molecular weight is 589 g/mol. The van der Waals surface area contributed by atoms with E-state index in [4.69, 9.17) is 4.74 Å². The van der Waals surface area contributed by atoms with E-state index in [0.29, 0.717) is 6.54 Å². The molecule has 0 amide bonds. The Morgan fingerprint density at radius 2 is 1.93 bits per heavy atom. The number of hydrogen-bond acceptors (Lipinski definition) is 8. The molecule has 1 aliphatic rings. The topological polar surface area (TPSA) is 174 Å². The van der Waals surface area contributed by atoms with Gasteiger partial charge in [0.2, 0.25) is 0 Å². The molecule has 0 spiro atoms. The number of hydrogen-bond donors (Lipinski definition) is 3. The number of non-ortho nitro benzene ring substituents is 1. The SMILES string of the molecule is CC1=C(C(=O)O)C(c2cccc([N+](=O)[O-])c2)C(CCCOC(=O)C=Cc2ccc(Cn3ccnc3)cc2)(C(=O)O)C(C)N1. The van der Waals surface area contributed by atoms with Gasteiger partial charge in [-0.05, 0) is 49.5 Å². The van der Waals surface area contributed by atoms with Crippen molar-refractivity contribution in [2.75, 3.05) is 6.61 Å². The summed E-state index contributed by atoms with van der Waals surface area (Å²) in [5.41, 5.74) is 0.175. The summed E-state index contributed by atoms with van der Waals surface area (Å²) < 4.78 is 7.27. The van der Waals surface area contributed by atoms with Gasteiger partial charge in [0.1, 0.15) is 0 Å². The zero-order chi connectivity index (χ0) is 31.1. The molecule has 224 valence electrons. The summed E-state index contributed by atoms with van der Waals surface area (Å²) in [5.74, 6) is -4.41. The van der Waals surface area contributed by atoms with Crippen molar-refractivity contribution in [1.82, 2.24) is 14.9 Å². The Bertz CT molecular complexity index is 1560. The number of benzene rings is 2. The van der Waals surface area contributed by atoms with Crippen molar-refractivity contribution in [1.29, 1.82) is 0 Å². The molecule has 3 unspecified atom stereocenters. The number of rotatable bonds is 12. The van der Waals surface area contributed by atoms with E-state index in [9.17, 15) is 34.7 Å². The van der Waals surface area contributed by atoms with Gasteiger partial charge < -0.3 is 24.8 Å². The quantitative estimate of drug-likeness (QED) is 0.0905. The number of aliphatic carboxylic acids is 2. The van der Waals surface area contributed by atoms with Crippen LogP contribution in [0.3, 0.4) is 0 Å². The highest BCUT2D eigenvalue weighted by molar-refractivity contribution is 5.93. The van der Waals surface area contributed by atoms with Crippen LogP contribution in [0.2, 0.25) is 0 Å². The van der Waals surface area contributed by atoms with E-state index in [1.54, 1.807) is 25.5 Å². The van der Waals surface area contributed by atoms with Gasteiger partial charge in [-0.1, -0.05) is 36.4 Å². The summed E-state index contributed by atoms with van der Waals surface area (Å²) in [6.45, 7) is 3.73. The molecule has 2 heterocycles. The lowest BCUT2D eigenvalue weighted by Gasteiger charge is -2.47. The third-order valence-electron chi connectivity index (χ3n) is 7.75. The van der Waals surface area contributed by atoms with Gasteiger partial charge in [0.05, 0.1) is 28.8 Å². The van der Waals surface area contributed by atoms with Gasteiger partial charge in [-0.3, -0.25) is 14.9 Å². The van der Waals surface area contributed by atoms with Crippen LogP contribution in [0.1, 0.15) is 49.3 Å². The molecule has 0 saturated heterocycles. The molecule has 1 aromatic heterocycles. The number of aromatic nitrogens is 2. The Balaban J connectivity index is 1.47. The van der Waals surface area contributed by atoms with E-state index >= 15 is 0 Å². The maximum absolute atomic E-state index is 13.0. The van der Waals surface area contributed by atoms with E-state index in [-0.39, 0.29) is 42.0 Å². The van der Waals surface area contributed by atoms with Gasteiger partial charge >= 0.3 is 17.9 Å². The Morgan fingerprint density at radius 1 is 1.19 bits per heavy atom. The minimum absolute atomic E-state index is 0.0662. The molecule has 3 aromatic rings. The smallest absolute Gasteiger partial charge is 0.333 e. The number of nitrogens with one attached hydrogen (secondary N) is 1. The van der Waals surface area contributed by atoms with Crippen LogP contribution in [-0.2, 0) is 25.7 Å². The number of nitro benzene ring substituents is 1. The van der Waals surface area contributed by atoms with E-state index in [2.05, 4.69) is 10.3 Å². The van der Waals surface area contributed by atoms with Crippen LogP contribution in [0.25, 0.3) is 6.08 Å². The van der Waals surface area contributed by atoms with E-state index in [1.807, 2.05) is 35.0 Å². The number of nitro groups is 1. The van der Waals surface area contributed by atoms with Crippen LogP contribution < -0.4 is 5.32 Å². The molecule has 3 atom stereocenters. The van der Waals surface area contributed by atoms with Crippen LogP contribution in [0.15, 0.2) is 84.6 Å². The van der Waals surface area contributed by atoms with Crippen LogP contribution >= 0.6 is 0 Å². The maximum atomic E-state index is 13.0. The largest absolute Gasteiger partial charge is 0.481 e. The monoisotopic (exact) mass is 588 g/mol. The highest BCUT2D eigenvalue weighted by atomic mass is 16.6. The third-order valence-corrected chi connectivity index (χ3v) is 7.75. The highest BCUT2D eigenvalue weighted by Crippen LogP contribution is 2.51. The van der Waals surface area contributed by atoms with Crippen molar-refractivity contribution in [2.45, 2.75) is 45.2 Å². The number of ether oxygens (including phenoxy) is 1. The zero-order valence-electron chi connectivity index (χ0n) is 23.7. The second-order valence-corrected chi connectivity index (χ2v) is 10.4. The minimum atomic E-state index is -1.71. The Morgan fingerprint density at radius 3 is 2.56 bits per heavy atom. The maximum Gasteiger partial charge on any atom is 0.333 e. The molecule has 0 saturated carbocycles.